The summed E-state index contributed by atoms with van der Waals surface area (Å²) >= 11 is 0. The molecule has 0 atom stereocenters. The molecule has 0 radical (unpaired) electrons. The van der Waals surface area contributed by atoms with Gasteiger partial charge in [-0.2, -0.15) is 15.0 Å². The van der Waals surface area contributed by atoms with E-state index < -0.39 is 12.2 Å². The molecule has 5 heterocycles. The molecule has 2 aliphatic heterocycles. The van der Waals surface area contributed by atoms with Crippen LogP contribution in [0.15, 0.2) is 30.5 Å². The minimum Gasteiger partial charge on any atom is -0.494 e. The Hall–Kier alpha value is -4.21. The molecule has 0 unspecified atom stereocenters. The summed E-state index contributed by atoms with van der Waals surface area (Å²) in [6.45, 7) is 6.68. The van der Waals surface area contributed by atoms with E-state index in [1.165, 1.54) is 11.7 Å². The average Bonchev–Trinajstić information content (AvgIpc) is 3.45. The smallest absolute Gasteiger partial charge is 0.296 e. The van der Waals surface area contributed by atoms with Crippen LogP contribution in [-0.2, 0) is 9.47 Å². The third-order valence-electron chi connectivity index (χ3n) is 7.54. The number of likely N-dealkylation sites (N-methyl/N-ethyl adjacent to an activating group) is 1. The third-order valence-corrected chi connectivity index (χ3v) is 7.54. The van der Waals surface area contributed by atoms with Crippen molar-refractivity contribution in [2.24, 2.45) is 0 Å². The van der Waals surface area contributed by atoms with Gasteiger partial charge in [0.05, 0.1) is 56.5 Å². The van der Waals surface area contributed by atoms with Crippen LogP contribution >= 0.6 is 0 Å². The van der Waals surface area contributed by atoms with E-state index in [0.29, 0.717) is 80.3 Å². The van der Waals surface area contributed by atoms with Gasteiger partial charge >= 0.3 is 0 Å². The lowest BCUT2D eigenvalue weighted by Gasteiger charge is -2.29. The number of ether oxygens (including phenoxy) is 3. The highest BCUT2D eigenvalue weighted by Gasteiger charge is 2.27. The summed E-state index contributed by atoms with van der Waals surface area (Å²) in [5.74, 6) is 1.06. The van der Waals surface area contributed by atoms with Crippen molar-refractivity contribution < 1.29 is 23.0 Å². The van der Waals surface area contributed by atoms with Crippen molar-refractivity contribution in [2.75, 3.05) is 95.4 Å². The van der Waals surface area contributed by atoms with E-state index in [2.05, 4.69) is 19.9 Å². The third kappa shape index (κ3) is 6.00. The lowest BCUT2D eigenvalue weighted by atomic mass is 10.2. The molecule has 2 saturated heterocycles. The zero-order valence-corrected chi connectivity index (χ0v) is 24.1. The predicted molar refractivity (Wildman–Crippen MR) is 157 cm³/mol. The van der Waals surface area contributed by atoms with Crippen molar-refractivity contribution in [1.29, 1.82) is 0 Å². The summed E-state index contributed by atoms with van der Waals surface area (Å²) in [5, 5.41) is 0. The molecule has 228 valence electrons. The number of nitrogen functional groups attached to an aromatic ring is 1. The Kier molecular flexibility index (Phi) is 8.44. The molecule has 3 aromatic heterocycles. The highest BCUT2D eigenvalue weighted by Crippen LogP contribution is 2.34. The van der Waals surface area contributed by atoms with Crippen molar-refractivity contribution in [2.45, 2.75) is 6.43 Å². The highest BCUT2D eigenvalue weighted by atomic mass is 19.3. The molecule has 0 bridgehead atoms. The molecule has 0 saturated carbocycles. The topological polar surface area (TPSA) is 133 Å². The van der Waals surface area contributed by atoms with Crippen LogP contribution < -0.4 is 20.3 Å². The van der Waals surface area contributed by atoms with Gasteiger partial charge in [-0.05, 0) is 18.2 Å². The fourth-order valence-electron chi connectivity index (χ4n) is 5.26. The second kappa shape index (κ2) is 12.6. The van der Waals surface area contributed by atoms with Crippen molar-refractivity contribution in [3.05, 3.63) is 36.3 Å². The maximum atomic E-state index is 14.5. The van der Waals surface area contributed by atoms with Crippen LogP contribution in [0.25, 0.3) is 28.4 Å². The van der Waals surface area contributed by atoms with Gasteiger partial charge in [0.1, 0.15) is 17.1 Å². The Bertz CT molecular complexity index is 1570. The number of nitrogens with two attached hydrogens (primary N) is 1. The number of hydrogen-bond acceptors (Lipinski definition) is 12. The minimum absolute atomic E-state index is 0.00175. The van der Waals surface area contributed by atoms with Gasteiger partial charge in [-0.3, -0.25) is 9.47 Å². The van der Waals surface area contributed by atoms with Gasteiger partial charge in [0.15, 0.2) is 11.6 Å². The van der Waals surface area contributed by atoms with E-state index >= 15 is 0 Å². The molecule has 2 N–H and O–H groups in total. The summed E-state index contributed by atoms with van der Waals surface area (Å²) in [5.41, 5.74) is 7.85. The number of morpholine rings is 2. The van der Waals surface area contributed by atoms with Crippen LogP contribution in [0.4, 0.5) is 26.2 Å². The molecule has 15 heteroatoms. The molecular weight excluding hydrogens is 562 g/mol. The van der Waals surface area contributed by atoms with Crippen molar-refractivity contribution in [3.63, 3.8) is 0 Å². The summed E-state index contributed by atoms with van der Waals surface area (Å²) in [7, 11) is 3.41. The molecule has 2 aliphatic rings. The lowest BCUT2D eigenvalue weighted by Crippen LogP contribution is -2.41. The standard InChI is InChI=1S/C28H34F2N10O3/c1-37(6-7-38-8-12-42-13-9-38)25-19(16-18(31)17-32-25)24-34-27(39-10-14-43-15-11-39)36-28(35-24)40-20-4-3-5-21(41-2)22(20)33-26(40)23(29)30/h3-5,16-17,23H,6-15,31H2,1-2H3. The van der Waals surface area contributed by atoms with Crippen LogP contribution in [0.2, 0.25) is 0 Å². The first-order valence-corrected chi connectivity index (χ1v) is 14.1. The molecule has 43 heavy (non-hydrogen) atoms. The number of imidazole rings is 1. The Morgan fingerprint density at radius 1 is 1.00 bits per heavy atom. The molecule has 0 amide bonds. The number of alkyl halides is 2. The number of benzene rings is 1. The Morgan fingerprint density at radius 2 is 1.72 bits per heavy atom. The first-order valence-electron chi connectivity index (χ1n) is 14.1. The maximum Gasteiger partial charge on any atom is 0.296 e. The fourth-order valence-corrected chi connectivity index (χ4v) is 5.26. The summed E-state index contributed by atoms with van der Waals surface area (Å²) in [6.07, 6.45) is -1.32. The van der Waals surface area contributed by atoms with Gasteiger partial charge < -0.3 is 29.7 Å². The van der Waals surface area contributed by atoms with E-state index in [4.69, 9.17) is 29.9 Å². The molecule has 6 rings (SSSR count). The number of fused-ring (bicyclic) bond motifs is 1. The quantitative estimate of drug-likeness (QED) is 0.304. The van der Waals surface area contributed by atoms with Crippen LogP contribution in [0.1, 0.15) is 12.2 Å². The second-order valence-electron chi connectivity index (χ2n) is 10.3. The van der Waals surface area contributed by atoms with Crippen molar-refractivity contribution in [3.8, 4) is 23.1 Å². The van der Waals surface area contributed by atoms with Gasteiger partial charge in [-0.1, -0.05) is 6.07 Å². The van der Waals surface area contributed by atoms with E-state index in [-0.39, 0.29) is 17.3 Å². The number of hydrogen-bond donors (Lipinski definition) is 1. The molecule has 2 fully saturated rings. The zero-order valence-electron chi connectivity index (χ0n) is 24.1. The zero-order chi connectivity index (χ0) is 29.9. The number of para-hydroxylation sites is 1. The fraction of sp³-hybridized carbons (Fsp3) is 0.464. The number of aromatic nitrogens is 6. The normalized spacial score (nSPS) is 16.3. The van der Waals surface area contributed by atoms with E-state index in [1.54, 1.807) is 30.5 Å². The average molecular weight is 597 g/mol. The largest absolute Gasteiger partial charge is 0.494 e. The van der Waals surface area contributed by atoms with Crippen LogP contribution in [-0.4, -0.2) is 114 Å². The van der Waals surface area contributed by atoms with Gasteiger partial charge in [0.25, 0.3) is 6.43 Å². The lowest BCUT2D eigenvalue weighted by molar-refractivity contribution is 0.0393. The predicted octanol–water partition coefficient (Wildman–Crippen LogP) is 2.41. The number of halogens is 2. The SMILES string of the molecule is COc1cccc2c1nc(C(F)F)n2-c1nc(-c2cc(N)cnc2N(C)CCN2CCOCC2)nc(N2CCOCC2)n1. The van der Waals surface area contributed by atoms with E-state index in [1.807, 2.05) is 16.8 Å². The van der Waals surface area contributed by atoms with Gasteiger partial charge in [0.2, 0.25) is 11.9 Å². The number of anilines is 3. The summed E-state index contributed by atoms with van der Waals surface area (Å²) in [6, 6.07) is 6.81. The highest BCUT2D eigenvalue weighted by molar-refractivity contribution is 5.84. The Morgan fingerprint density at radius 3 is 2.44 bits per heavy atom. The van der Waals surface area contributed by atoms with E-state index in [9.17, 15) is 8.78 Å². The second-order valence-corrected chi connectivity index (χ2v) is 10.3. The molecular formula is C28H34F2N10O3. The van der Waals surface area contributed by atoms with Gasteiger partial charge in [-0.15, -0.1) is 0 Å². The summed E-state index contributed by atoms with van der Waals surface area (Å²) in [4.78, 5) is 29.4. The molecule has 0 spiro atoms. The Labute approximate surface area is 247 Å². The first kappa shape index (κ1) is 28.9. The summed E-state index contributed by atoms with van der Waals surface area (Å²) < 4.78 is 46.6. The van der Waals surface area contributed by atoms with Gasteiger partial charge in [0, 0.05) is 46.3 Å². The molecule has 4 aromatic rings. The van der Waals surface area contributed by atoms with Gasteiger partial charge in [-0.25, -0.2) is 18.7 Å². The van der Waals surface area contributed by atoms with E-state index in [0.717, 1.165) is 19.6 Å². The van der Waals surface area contributed by atoms with Crippen LogP contribution in [0, 0.1) is 0 Å². The van der Waals surface area contributed by atoms with Crippen molar-refractivity contribution >= 4 is 28.5 Å². The number of methoxy groups -OCH3 is 1. The van der Waals surface area contributed by atoms with Crippen LogP contribution in [0.5, 0.6) is 5.75 Å². The Balaban J connectivity index is 1.48. The molecule has 13 nitrogen and oxygen atoms in total. The van der Waals surface area contributed by atoms with Crippen molar-refractivity contribution in [1.82, 2.24) is 34.4 Å². The molecule has 0 aliphatic carbocycles. The molecule has 1 aromatic carbocycles. The minimum atomic E-state index is -2.90. The number of pyridine rings is 1. The monoisotopic (exact) mass is 596 g/mol. The number of rotatable bonds is 9. The number of nitrogens with zero attached hydrogens (tertiary/aromatic N) is 9. The first-order chi connectivity index (χ1) is 20.9. The maximum absolute atomic E-state index is 14.5. The van der Waals surface area contributed by atoms with Crippen LogP contribution in [0.3, 0.4) is 0 Å².